The molecule has 1 unspecified atom stereocenters. The van der Waals surface area contributed by atoms with Crippen LogP contribution in [0.2, 0.25) is 0 Å². The number of nitrogens with zero attached hydrogens (tertiary/aromatic N) is 2. The zero-order valence-corrected chi connectivity index (χ0v) is 28.8. The molecule has 9 heteroatoms. The zero-order chi connectivity index (χ0) is 34.1. The van der Waals surface area contributed by atoms with Gasteiger partial charge in [0.1, 0.15) is 18.3 Å². The third-order valence-electron chi connectivity index (χ3n) is 8.90. The van der Waals surface area contributed by atoms with E-state index in [9.17, 15) is 18.0 Å². The molecule has 0 saturated heterocycles. The summed E-state index contributed by atoms with van der Waals surface area (Å²) in [5.74, 6) is -0.433. The summed E-state index contributed by atoms with van der Waals surface area (Å²) >= 11 is 0. The van der Waals surface area contributed by atoms with E-state index in [-0.39, 0.29) is 35.5 Å². The Labute approximate surface area is 284 Å². The number of benzene rings is 4. The number of carbonyl (C=O) groups is 2. The van der Waals surface area contributed by atoms with Crippen molar-refractivity contribution >= 4 is 27.5 Å². The van der Waals surface area contributed by atoms with Crippen LogP contribution in [-0.2, 0) is 32.6 Å². The van der Waals surface area contributed by atoms with Crippen molar-refractivity contribution in [2.75, 3.05) is 18.0 Å². The van der Waals surface area contributed by atoms with Crippen molar-refractivity contribution in [1.82, 2.24) is 10.2 Å². The van der Waals surface area contributed by atoms with Crippen LogP contribution < -0.4 is 14.4 Å². The average molecular weight is 668 g/mol. The topological polar surface area (TPSA) is 96.0 Å². The molecule has 0 heterocycles. The smallest absolute Gasteiger partial charge is 0.264 e. The Bertz CT molecular complexity index is 1790. The molecular formula is C39H45N3O5S. The van der Waals surface area contributed by atoms with E-state index >= 15 is 0 Å². The highest BCUT2D eigenvalue weighted by Gasteiger charge is 2.36. The van der Waals surface area contributed by atoms with E-state index in [0.29, 0.717) is 5.75 Å². The maximum atomic E-state index is 14.8. The summed E-state index contributed by atoms with van der Waals surface area (Å²) in [4.78, 5) is 30.6. The number of amides is 2. The van der Waals surface area contributed by atoms with Crippen molar-refractivity contribution in [1.29, 1.82) is 0 Å². The van der Waals surface area contributed by atoms with Crippen molar-refractivity contribution < 1.29 is 22.7 Å². The third kappa shape index (κ3) is 8.63. The van der Waals surface area contributed by atoms with Gasteiger partial charge in [0.25, 0.3) is 10.0 Å². The van der Waals surface area contributed by atoms with E-state index in [1.807, 2.05) is 68.4 Å². The number of aryl methyl sites for hydroxylation is 2. The number of para-hydroxylation sites is 2. The van der Waals surface area contributed by atoms with Gasteiger partial charge >= 0.3 is 0 Å². The normalized spacial score (nSPS) is 14.1. The number of carbonyl (C=O) groups excluding carboxylic acids is 2. The lowest BCUT2D eigenvalue weighted by atomic mass is 9.94. The fourth-order valence-electron chi connectivity index (χ4n) is 6.29. The Morgan fingerprint density at radius 3 is 2.17 bits per heavy atom. The number of rotatable bonds is 13. The molecule has 1 aliphatic rings. The highest BCUT2D eigenvalue weighted by atomic mass is 32.2. The lowest BCUT2D eigenvalue weighted by Gasteiger charge is -2.35. The monoisotopic (exact) mass is 667 g/mol. The number of anilines is 1. The fraction of sp³-hybridized carbons (Fsp3) is 0.333. The minimum atomic E-state index is -4.23. The zero-order valence-electron chi connectivity index (χ0n) is 28.0. The molecule has 252 valence electrons. The highest BCUT2D eigenvalue weighted by molar-refractivity contribution is 7.92. The maximum absolute atomic E-state index is 14.8. The van der Waals surface area contributed by atoms with Gasteiger partial charge in [-0.15, -0.1) is 0 Å². The van der Waals surface area contributed by atoms with Gasteiger partial charge in [0.2, 0.25) is 11.8 Å². The Hall–Kier alpha value is -4.63. The predicted molar refractivity (Wildman–Crippen MR) is 189 cm³/mol. The molecule has 0 spiro atoms. The summed E-state index contributed by atoms with van der Waals surface area (Å²) in [5, 5.41) is 3.25. The van der Waals surface area contributed by atoms with Gasteiger partial charge in [-0.05, 0) is 62.1 Å². The molecule has 0 bridgehead atoms. The molecule has 8 nitrogen and oxygen atoms in total. The number of nitrogens with one attached hydrogen (secondary N) is 1. The number of ether oxygens (including phenoxy) is 1. The second kappa shape index (κ2) is 16.0. The molecule has 2 amide bonds. The van der Waals surface area contributed by atoms with Gasteiger partial charge in [-0.1, -0.05) is 109 Å². The van der Waals surface area contributed by atoms with Gasteiger partial charge in [0.15, 0.2) is 0 Å². The maximum Gasteiger partial charge on any atom is 0.264 e. The minimum absolute atomic E-state index is 0.0347. The van der Waals surface area contributed by atoms with Crippen LogP contribution in [0.3, 0.4) is 0 Å². The van der Waals surface area contributed by atoms with Crippen LogP contribution >= 0.6 is 0 Å². The molecule has 1 atom stereocenters. The van der Waals surface area contributed by atoms with Crippen LogP contribution in [-0.4, -0.2) is 50.9 Å². The van der Waals surface area contributed by atoms with Crippen LogP contribution in [0.4, 0.5) is 5.69 Å². The second-order valence-electron chi connectivity index (χ2n) is 12.6. The van der Waals surface area contributed by atoms with Crippen molar-refractivity contribution in [3.8, 4) is 5.75 Å². The lowest BCUT2D eigenvalue weighted by molar-refractivity contribution is -0.140. The molecule has 1 fully saturated rings. The van der Waals surface area contributed by atoms with Crippen molar-refractivity contribution in [2.24, 2.45) is 0 Å². The van der Waals surface area contributed by atoms with Gasteiger partial charge in [0, 0.05) is 19.0 Å². The van der Waals surface area contributed by atoms with Crippen molar-refractivity contribution in [3.63, 3.8) is 0 Å². The Morgan fingerprint density at radius 1 is 0.812 bits per heavy atom. The largest absolute Gasteiger partial charge is 0.495 e. The van der Waals surface area contributed by atoms with E-state index in [1.54, 1.807) is 41.3 Å². The first-order valence-corrected chi connectivity index (χ1v) is 18.0. The highest BCUT2D eigenvalue weighted by Crippen LogP contribution is 2.33. The predicted octanol–water partition coefficient (Wildman–Crippen LogP) is 6.60. The van der Waals surface area contributed by atoms with E-state index in [0.717, 1.165) is 58.7 Å². The van der Waals surface area contributed by atoms with Crippen LogP contribution in [0.25, 0.3) is 0 Å². The van der Waals surface area contributed by atoms with E-state index in [2.05, 4.69) is 5.32 Å². The van der Waals surface area contributed by atoms with Crippen molar-refractivity contribution in [3.05, 3.63) is 125 Å². The van der Waals surface area contributed by atoms with Gasteiger partial charge in [-0.25, -0.2) is 8.42 Å². The summed E-state index contributed by atoms with van der Waals surface area (Å²) in [5.41, 5.74) is 3.90. The average Bonchev–Trinajstić information content (AvgIpc) is 3.09. The van der Waals surface area contributed by atoms with Crippen LogP contribution in [0, 0.1) is 13.8 Å². The molecule has 1 aliphatic carbocycles. The number of hydrogen-bond acceptors (Lipinski definition) is 5. The molecule has 4 aromatic rings. The minimum Gasteiger partial charge on any atom is -0.495 e. The number of methoxy groups -OCH3 is 1. The number of sulfonamides is 1. The van der Waals surface area contributed by atoms with E-state index < -0.39 is 28.5 Å². The SMILES string of the molecule is COc1ccccc1N(CC(=O)N(Cc1cccc(C)c1)C(Cc1ccccc1)C(=O)NC1CCCCC1)S(=O)(=O)c1ccc(C)cc1. The summed E-state index contributed by atoms with van der Waals surface area (Å²) in [7, 11) is -2.77. The Balaban J connectivity index is 1.58. The Kier molecular flexibility index (Phi) is 11.5. The molecule has 5 rings (SSSR count). The van der Waals surface area contributed by atoms with Crippen molar-refractivity contribution in [2.45, 2.75) is 75.9 Å². The quantitative estimate of drug-likeness (QED) is 0.174. The lowest BCUT2D eigenvalue weighted by Crippen LogP contribution is -2.55. The first kappa shape index (κ1) is 34.7. The first-order valence-electron chi connectivity index (χ1n) is 16.6. The Morgan fingerprint density at radius 2 is 1.48 bits per heavy atom. The standard InChI is InChI=1S/C39H45N3O5S/c1-29-21-23-34(24-22-29)48(45,46)42(35-19-10-11-20-37(35)47-3)28-38(43)41(27-32-16-12-13-30(2)25-32)36(26-31-14-6-4-7-15-31)39(44)40-33-17-8-5-9-18-33/h4,6-7,10-16,19-25,33,36H,5,8-9,17-18,26-28H2,1-3H3,(H,40,44). The summed E-state index contributed by atoms with van der Waals surface area (Å²) in [6.45, 7) is 3.45. The van der Waals surface area contributed by atoms with Crippen LogP contribution in [0.1, 0.15) is 54.4 Å². The molecule has 48 heavy (non-hydrogen) atoms. The van der Waals surface area contributed by atoms with Gasteiger partial charge in [-0.3, -0.25) is 13.9 Å². The van der Waals surface area contributed by atoms with Crippen LogP contribution in [0.15, 0.2) is 108 Å². The molecule has 1 saturated carbocycles. The molecule has 0 radical (unpaired) electrons. The molecule has 4 aromatic carbocycles. The summed E-state index contributed by atoms with van der Waals surface area (Å²) in [6.07, 6.45) is 5.30. The second-order valence-corrected chi connectivity index (χ2v) is 14.4. The van der Waals surface area contributed by atoms with Gasteiger partial charge in [-0.2, -0.15) is 0 Å². The van der Waals surface area contributed by atoms with Gasteiger partial charge < -0.3 is 15.0 Å². The molecule has 0 aliphatic heterocycles. The van der Waals surface area contributed by atoms with E-state index in [1.165, 1.54) is 19.2 Å². The third-order valence-corrected chi connectivity index (χ3v) is 10.7. The molecular weight excluding hydrogens is 623 g/mol. The number of hydrogen-bond donors (Lipinski definition) is 1. The first-order chi connectivity index (χ1) is 23.2. The molecule has 0 aromatic heterocycles. The summed E-state index contributed by atoms with van der Waals surface area (Å²) < 4.78 is 35.4. The van der Waals surface area contributed by atoms with Gasteiger partial charge in [0.05, 0.1) is 17.7 Å². The molecule has 1 N–H and O–H groups in total. The van der Waals surface area contributed by atoms with E-state index in [4.69, 9.17) is 4.74 Å². The fourth-order valence-corrected chi connectivity index (χ4v) is 7.72. The van der Waals surface area contributed by atoms with Crippen LogP contribution in [0.5, 0.6) is 5.75 Å². The summed E-state index contributed by atoms with van der Waals surface area (Å²) in [6, 6.07) is 29.9.